The highest BCUT2D eigenvalue weighted by atomic mass is 16.3. The molecule has 0 aromatic rings. The van der Waals surface area contributed by atoms with Gasteiger partial charge in [-0.2, -0.15) is 0 Å². The highest BCUT2D eigenvalue weighted by Gasteiger charge is 2.38. The molecule has 72 valence electrons. The van der Waals surface area contributed by atoms with E-state index in [0.29, 0.717) is 5.92 Å². The van der Waals surface area contributed by atoms with Crippen LogP contribution in [0, 0.1) is 5.92 Å². The van der Waals surface area contributed by atoms with E-state index >= 15 is 0 Å². The molecule has 1 aliphatic rings. The topological polar surface area (TPSA) is 32.3 Å². The van der Waals surface area contributed by atoms with Crippen LogP contribution in [-0.2, 0) is 0 Å². The Balaban J connectivity index is 2.12. The van der Waals surface area contributed by atoms with Crippen LogP contribution in [0.25, 0.3) is 0 Å². The van der Waals surface area contributed by atoms with Crippen LogP contribution in [0.4, 0.5) is 0 Å². The Bertz CT molecular complexity index is 150. The third kappa shape index (κ3) is 3.11. The Morgan fingerprint density at radius 2 is 1.92 bits per heavy atom. The fourth-order valence-corrected chi connectivity index (χ4v) is 1.78. The van der Waals surface area contributed by atoms with Gasteiger partial charge in [-0.25, -0.2) is 0 Å². The van der Waals surface area contributed by atoms with Crippen LogP contribution in [-0.4, -0.2) is 22.8 Å². The van der Waals surface area contributed by atoms with Crippen molar-refractivity contribution in [3.63, 3.8) is 0 Å². The van der Waals surface area contributed by atoms with Crippen LogP contribution in [0.2, 0.25) is 0 Å². The predicted molar refractivity (Wildman–Crippen MR) is 51.1 cm³/mol. The summed E-state index contributed by atoms with van der Waals surface area (Å²) in [6.07, 6.45) is 1.91. The van der Waals surface area contributed by atoms with Crippen molar-refractivity contribution in [3.05, 3.63) is 0 Å². The molecule has 2 N–H and O–H groups in total. The normalized spacial score (nSPS) is 36.2. The second-order valence-electron chi connectivity index (χ2n) is 5.40. The molecule has 12 heavy (non-hydrogen) atoms. The molecule has 0 radical (unpaired) electrons. The number of hydrogen-bond donors (Lipinski definition) is 2. The average molecular weight is 171 g/mol. The lowest BCUT2D eigenvalue weighted by Gasteiger charge is -2.42. The van der Waals surface area contributed by atoms with Crippen molar-refractivity contribution < 1.29 is 5.11 Å². The molecule has 0 bridgehead atoms. The van der Waals surface area contributed by atoms with Gasteiger partial charge in [0.25, 0.3) is 0 Å². The Kier molecular flexibility index (Phi) is 2.50. The second-order valence-corrected chi connectivity index (χ2v) is 5.40. The molecule has 0 aromatic carbocycles. The van der Waals surface area contributed by atoms with Crippen LogP contribution in [0.5, 0.6) is 0 Å². The van der Waals surface area contributed by atoms with Crippen molar-refractivity contribution in [2.75, 3.05) is 6.54 Å². The summed E-state index contributed by atoms with van der Waals surface area (Å²) in [6, 6.07) is 0. The van der Waals surface area contributed by atoms with Gasteiger partial charge in [0.15, 0.2) is 0 Å². The minimum Gasteiger partial charge on any atom is -0.390 e. The van der Waals surface area contributed by atoms with E-state index in [-0.39, 0.29) is 11.1 Å². The van der Waals surface area contributed by atoms with Crippen LogP contribution in [0.3, 0.4) is 0 Å². The van der Waals surface area contributed by atoms with Crippen molar-refractivity contribution in [3.8, 4) is 0 Å². The highest BCUT2D eigenvalue weighted by molar-refractivity contribution is 4.92. The molecule has 1 fully saturated rings. The third-order valence-corrected chi connectivity index (χ3v) is 2.38. The van der Waals surface area contributed by atoms with E-state index in [1.165, 1.54) is 0 Å². The first-order valence-corrected chi connectivity index (χ1v) is 4.76. The SMILES string of the molecule is CC1(O)CC(CNC(C)(C)C)C1. The maximum absolute atomic E-state index is 9.49. The summed E-state index contributed by atoms with van der Waals surface area (Å²) in [4.78, 5) is 0. The molecule has 2 heteroatoms. The van der Waals surface area contributed by atoms with E-state index in [4.69, 9.17) is 0 Å². The van der Waals surface area contributed by atoms with Gasteiger partial charge in [0.2, 0.25) is 0 Å². The van der Waals surface area contributed by atoms with Crippen LogP contribution < -0.4 is 5.32 Å². The number of nitrogens with one attached hydrogen (secondary N) is 1. The van der Waals surface area contributed by atoms with Crippen molar-refractivity contribution >= 4 is 0 Å². The van der Waals surface area contributed by atoms with Gasteiger partial charge in [-0.15, -0.1) is 0 Å². The van der Waals surface area contributed by atoms with Gasteiger partial charge in [0.1, 0.15) is 0 Å². The fourth-order valence-electron chi connectivity index (χ4n) is 1.78. The molecule has 2 nitrogen and oxygen atoms in total. The van der Waals surface area contributed by atoms with Crippen LogP contribution >= 0.6 is 0 Å². The Morgan fingerprint density at radius 1 is 1.42 bits per heavy atom. The first kappa shape index (κ1) is 10.0. The molecule has 1 rings (SSSR count). The molecular weight excluding hydrogens is 150 g/mol. The molecule has 0 spiro atoms. The molecule has 0 aliphatic heterocycles. The minimum absolute atomic E-state index is 0.210. The second kappa shape index (κ2) is 3.00. The maximum Gasteiger partial charge on any atom is 0.0626 e. The van der Waals surface area contributed by atoms with Crippen LogP contribution in [0.15, 0.2) is 0 Å². The van der Waals surface area contributed by atoms with E-state index in [1.54, 1.807) is 0 Å². The van der Waals surface area contributed by atoms with Crippen molar-refractivity contribution in [2.24, 2.45) is 5.92 Å². The summed E-state index contributed by atoms with van der Waals surface area (Å²) in [5.74, 6) is 0.680. The zero-order valence-corrected chi connectivity index (χ0v) is 8.65. The zero-order valence-electron chi connectivity index (χ0n) is 8.65. The third-order valence-electron chi connectivity index (χ3n) is 2.38. The van der Waals surface area contributed by atoms with Crippen molar-refractivity contribution in [2.45, 2.75) is 51.7 Å². The number of aliphatic hydroxyl groups is 1. The lowest BCUT2D eigenvalue weighted by Crippen LogP contribution is -2.48. The summed E-state index contributed by atoms with van der Waals surface area (Å²) in [5, 5.41) is 12.9. The van der Waals surface area contributed by atoms with E-state index < -0.39 is 0 Å². The molecule has 0 unspecified atom stereocenters. The first-order valence-electron chi connectivity index (χ1n) is 4.76. The molecule has 0 saturated heterocycles. The molecular formula is C10H21NO. The largest absolute Gasteiger partial charge is 0.390 e. The summed E-state index contributed by atoms with van der Waals surface area (Å²) in [5.41, 5.74) is -0.161. The first-order chi connectivity index (χ1) is 5.29. The van der Waals surface area contributed by atoms with Crippen LogP contribution in [0.1, 0.15) is 40.5 Å². The molecule has 0 atom stereocenters. The lowest BCUT2D eigenvalue weighted by molar-refractivity contribution is -0.0573. The Morgan fingerprint density at radius 3 is 2.25 bits per heavy atom. The molecule has 0 heterocycles. The van der Waals surface area contributed by atoms with Gasteiger partial charge in [-0.1, -0.05) is 0 Å². The quantitative estimate of drug-likeness (QED) is 0.660. The lowest BCUT2D eigenvalue weighted by atomic mass is 9.72. The van der Waals surface area contributed by atoms with Gasteiger partial charge in [0.05, 0.1) is 5.60 Å². The van der Waals surface area contributed by atoms with Gasteiger partial charge in [-0.05, 0) is 53.0 Å². The maximum atomic E-state index is 9.49. The monoisotopic (exact) mass is 171 g/mol. The summed E-state index contributed by atoms with van der Waals surface area (Å²) in [6.45, 7) is 9.47. The smallest absolute Gasteiger partial charge is 0.0626 e. The van der Waals surface area contributed by atoms with Gasteiger partial charge in [-0.3, -0.25) is 0 Å². The van der Waals surface area contributed by atoms with Gasteiger partial charge >= 0.3 is 0 Å². The van der Waals surface area contributed by atoms with Gasteiger partial charge < -0.3 is 10.4 Å². The standard InChI is InChI=1S/C10H21NO/c1-9(2,3)11-7-8-5-10(4,12)6-8/h8,11-12H,5-7H2,1-4H3. The number of hydrogen-bond acceptors (Lipinski definition) is 2. The molecule has 0 amide bonds. The van der Waals surface area contributed by atoms with E-state index in [1.807, 2.05) is 6.92 Å². The fraction of sp³-hybridized carbons (Fsp3) is 1.00. The average Bonchev–Trinajstić information content (AvgIpc) is 1.76. The number of rotatable bonds is 2. The van der Waals surface area contributed by atoms with Crippen molar-refractivity contribution in [1.82, 2.24) is 5.32 Å². The zero-order chi connectivity index (χ0) is 9.41. The summed E-state index contributed by atoms with van der Waals surface area (Å²) >= 11 is 0. The molecule has 1 aliphatic carbocycles. The van der Waals surface area contributed by atoms with E-state index in [0.717, 1.165) is 19.4 Å². The summed E-state index contributed by atoms with van der Waals surface area (Å²) < 4.78 is 0. The predicted octanol–water partition coefficient (Wildman–Crippen LogP) is 1.54. The van der Waals surface area contributed by atoms with Crippen molar-refractivity contribution in [1.29, 1.82) is 0 Å². The highest BCUT2D eigenvalue weighted by Crippen LogP contribution is 2.36. The molecule has 1 saturated carbocycles. The minimum atomic E-state index is -0.371. The Hall–Kier alpha value is -0.0800. The molecule has 0 aromatic heterocycles. The Labute approximate surface area is 75.4 Å². The summed E-state index contributed by atoms with van der Waals surface area (Å²) in [7, 11) is 0. The van der Waals surface area contributed by atoms with E-state index in [9.17, 15) is 5.11 Å². The van der Waals surface area contributed by atoms with Gasteiger partial charge in [0, 0.05) is 5.54 Å². The van der Waals surface area contributed by atoms with E-state index in [2.05, 4.69) is 26.1 Å².